The van der Waals surface area contributed by atoms with E-state index in [9.17, 15) is 5.11 Å². The van der Waals surface area contributed by atoms with Crippen molar-refractivity contribution in [1.82, 2.24) is 0 Å². The molecule has 2 heteroatoms. The first-order valence-corrected chi connectivity index (χ1v) is 6.17. The van der Waals surface area contributed by atoms with Crippen LogP contribution in [0.2, 0.25) is 0 Å². The molecule has 0 aliphatic rings. The standard InChI is InChI=1S/C17H17NO/c1-4-14-6-8-17(19)15(10-14)11-18-16-7-5-12(2)13(3)9-16/h4-11,19H,1H2,2-3H3. The summed E-state index contributed by atoms with van der Waals surface area (Å²) in [4.78, 5) is 4.40. The van der Waals surface area contributed by atoms with Crippen molar-refractivity contribution in [2.75, 3.05) is 0 Å². The fourth-order valence-corrected chi connectivity index (χ4v) is 1.75. The van der Waals surface area contributed by atoms with Gasteiger partial charge in [-0.15, -0.1) is 0 Å². The predicted octanol–water partition coefficient (Wildman–Crippen LogP) is 4.40. The molecule has 0 atom stereocenters. The van der Waals surface area contributed by atoms with Crippen LogP contribution in [-0.2, 0) is 0 Å². The number of benzene rings is 2. The maximum Gasteiger partial charge on any atom is 0.124 e. The van der Waals surface area contributed by atoms with E-state index in [1.165, 1.54) is 11.1 Å². The lowest BCUT2D eigenvalue weighted by molar-refractivity contribution is 0.474. The maximum atomic E-state index is 9.78. The van der Waals surface area contributed by atoms with Crippen molar-refractivity contribution in [2.45, 2.75) is 13.8 Å². The van der Waals surface area contributed by atoms with E-state index in [2.05, 4.69) is 25.4 Å². The number of hydrogen-bond acceptors (Lipinski definition) is 2. The normalized spacial score (nSPS) is 10.8. The molecule has 0 unspecified atom stereocenters. The van der Waals surface area contributed by atoms with Crippen LogP contribution in [0, 0.1) is 13.8 Å². The Morgan fingerprint density at radius 2 is 1.84 bits per heavy atom. The second kappa shape index (κ2) is 5.53. The molecule has 0 aromatic heterocycles. The molecule has 0 amide bonds. The lowest BCUT2D eigenvalue weighted by atomic mass is 10.1. The summed E-state index contributed by atoms with van der Waals surface area (Å²) >= 11 is 0. The van der Waals surface area contributed by atoms with Crippen molar-refractivity contribution >= 4 is 18.0 Å². The SMILES string of the molecule is C=Cc1ccc(O)c(C=Nc2ccc(C)c(C)c2)c1. The third kappa shape index (κ3) is 3.10. The zero-order chi connectivity index (χ0) is 13.8. The highest BCUT2D eigenvalue weighted by Gasteiger charge is 1.99. The summed E-state index contributed by atoms with van der Waals surface area (Å²) in [5.41, 5.74) is 4.98. The molecular formula is C17H17NO. The second-order valence-electron chi connectivity index (χ2n) is 4.55. The van der Waals surface area contributed by atoms with Gasteiger partial charge in [-0.3, -0.25) is 4.99 Å². The van der Waals surface area contributed by atoms with Gasteiger partial charge in [-0.2, -0.15) is 0 Å². The molecule has 0 aliphatic heterocycles. The van der Waals surface area contributed by atoms with Gasteiger partial charge in [0.2, 0.25) is 0 Å². The van der Waals surface area contributed by atoms with Gasteiger partial charge >= 0.3 is 0 Å². The van der Waals surface area contributed by atoms with Crippen LogP contribution >= 0.6 is 0 Å². The summed E-state index contributed by atoms with van der Waals surface area (Å²) in [7, 11) is 0. The molecule has 0 saturated heterocycles. The fourth-order valence-electron chi connectivity index (χ4n) is 1.75. The summed E-state index contributed by atoms with van der Waals surface area (Å²) in [6.45, 7) is 7.85. The molecule has 1 N–H and O–H groups in total. The first-order chi connectivity index (χ1) is 9.10. The minimum absolute atomic E-state index is 0.221. The van der Waals surface area contributed by atoms with Crippen LogP contribution in [0.3, 0.4) is 0 Å². The highest BCUT2D eigenvalue weighted by atomic mass is 16.3. The molecule has 0 saturated carbocycles. The summed E-state index contributed by atoms with van der Waals surface area (Å²) in [6.07, 6.45) is 3.42. The van der Waals surface area contributed by atoms with Crippen LogP contribution in [0.25, 0.3) is 6.08 Å². The van der Waals surface area contributed by atoms with Crippen molar-refractivity contribution in [1.29, 1.82) is 0 Å². The number of aliphatic imine (C=N–C) groups is 1. The minimum atomic E-state index is 0.221. The zero-order valence-electron chi connectivity index (χ0n) is 11.2. The second-order valence-corrected chi connectivity index (χ2v) is 4.55. The van der Waals surface area contributed by atoms with Gasteiger partial charge in [0.25, 0.3) is 0 Å². The number of aryl methyl sites for hydroxylation is 2. The maximum absolute atomic E-state index is 9.78. The Hall–Kier alpha value is -2.35. The Morgan fingerprint density at radius 3 is 2.53 bits per heavy atom. The highest BCUT2D eigenvalue weighted by Crippen LogP contribution is 2.20. The number of rotatable bonds is 3. The van der Waals surface area contributed by atoms with Crippen LogP contribution in [0.15, 0.2) is 48.0 Å². The Kier molecular flexibility index (Phi) is 3.81. The van der Waals surface area contributed by atoms with Crippen molar-refractivity contribution in [3.8, 4) is 5.75 Å². The van der Waals surface area contributed by atoms with E-state index in [0.717, 1.165) is 11.3 Å². The van der Waals surface area contributed by atoms with Gasteiger partial charge in [-0.1, -0.05) is 24.8 Å². The van der Waals surface area contributed by atoms with Gasteiger partial charge in [0.05, 0.1) is 5.69 Å². The summed E-state index contributed by atoms with van der Waals surface area (Å²) in [5, 5.41) is 9.78. The lowest BCUT2D eigenvalue weighted by Gasteiger charge is -2.02. The van der Waals surface area contributed by atoms with Crippen LogP contribution in [0.5, 0.6) is 5.75 Å². The van der Waals surface area contributed by atoms with E-state index < -0.39 is 0 Å². The molecule has 0 fully saturated rings. The number of phenolic OH excluding ortho intramolecular Hbond substituents is 1. The summed E-state index contributed by atoms with van der Waals surface area (Å²) in [6, 6.07) is 11.4. The Morgan fingerprint density at radius 1 is 1.05 bits per heavy atom. The van der Waals surface area contributed by atoms with E-state index in [0.29, 0.717) is 5.56 Å². The lowest BCUT2D eigenvalue weighted by Crippen LogP contribution is -1.84. The molecule has 0 radical (unpaired) electrons. The number of aromatic hydroxyl groups is 1. The summed E-state index contributed by atoms with van der Waals surface area (Å²) in [5.74, 6) is 0.221. The third-order valence-electron chi connectivity index (χ3n) is 3.13. The molecular weight excluding hydrogens is 234 g/mol. The van der Waals surface area contributed by atoms with Gasteiger partial charge in [0.1, 0.15) is 5.75 Å². The third-order valence-corrected chi connectivity index (χ3v) is 3.13. The van der Waals surface area contributed by atoms with Gasteiger partial charge in [0, 0.05) is 11.8 Å². The monoisotopic (exact) mass is 251 g/mol. The van der Waals surface area contributed by atoms with E-state index >= 15 is 0 Å². The van der Waals surface area contributed by atoms with Crippen molar-refractivity contribution < 1.29 is 5.11 Å². The Labute approximate surface area is 113 Å². The highest BCUT2D eigenvalue weighted by molar-refractivity contribution is 5.86. The van der Waals surface area contributed by atoms with Crippen molar-refractivity contribution in [2.24, 2.45) is 4.99 Å². The zero-order valence-corrected chi connectivity index (χ0v) is 11.2. The van der Waals surface area contributed by atoms with E-state index in [-0.39, 0.29) is 5.75 Å². The molecule has 0 bridgehead atoms. The Balaban J connectivity index is 2.31. The molecule has 2 aromatic carbocycles. The first kappa shape index (κ1) is 13.1. The quantitative estimate of drug-likeness (QED) is 0.805. The molecule has 0 heterocycles. The van der Waals surface area contributed by atoms with Crippen molar-refractivity contribution in [3.05, 3.63) is 65.2 Å². The van der Waals surface area contributed by atoms with E-state index in [1.807, 2.05) is 30.3 Å². The molecule has 96 valence electrons. The molecule has 2 aromatic rings. The molecule has 0 spiro atoms. The van der Waals surface area contributed by atoms with Crippen LogP contribution < -0.4 is 0 Å². The number of hydrogen-bond donors (Lipinski definition) is 1. The predicted molar refractivity (Wildman–Crippen MR) is 81.4 cm³/mol. The average molecular weight is 251 g/mol. The smallest absolute Gasteiger partial charge is 0.124 e. The van der Waals surface area contributed by atoms with Crippen molar-refractivity contribution in [3.63, 3.8) is 0 Å². The number of phenols is 1. The molecule has 19 heavy (non-hydrogen) atoms. The molecule has 0 aliphatic carbocycles. The van der Waals surface area contributed by atoms with Gasteiger partial charge < -0.3 is 5.11 Å². The van der Waals surface area contributed by atoms with Crippen LogP contribution in [0.1, 0.15) is 22.3 Å². The topological polar surface area (TPSA) is 32.6 Å². The Bertz CT molecular complexity index is 642. The fraction of sp³-hybridized carbons (Fsp3) is 0.118. The van der Waals surface area contributed by atoms with Gasteiger partial charge in [-0.25, -0.2) is 0 Å². The first-order valence-electron chi connectivity index (χ1n) is 6.17. The molecule has 2 nitrogen and oxygen atoms in total. The largest absolute Gasteiger partial charge is 0.507 e. The molecule has 2 rings (SSSR count). The van der Waals surface area contributed by atoms with Crippen LogP contribution in [0.4, 0.5) is 5.69 Å². The average Bonchev–Trinajstić information content (AvgIpc) is 2.41. The minimum Gasteiger partial charge on any atom is -0.507 e. The van der Waals surface area contributed by atoms with E-state index in [4.69, 9.17) is 0 Å². The van der Waals surface area contributed by atoms with Crippen LogP contribution in [-0.4, -0.2) is 11.3 Å². The number of nitrogens with zero attached hydrogens (tertiary/aromatic N) is 1. The van der Waals surface area contributed by atoms with Gasteiger partial charge in [-0.05, 0) is 54.8 Å². The van der Waals surface area contributed by atoms with Gasteiger partial charge in [0.15, 0.2) is 0 Å². The van der Waals surface area contributed by atoms with E-state index in [1.54, 1.807) is 18.4 Å². The summed E-state index contributed by atoms with van der Waals surface area (Å²) < 4.78 is 0.